The Morgan fingerprint density at radius 1 is 1.05 bits per heavy atom. The van der Waals surface area contributed by atoms with Gasteiger partial charge in [-0.3, -0.25) is 14.5 Å². The van der Waals surface area contributed by atoms with Crippen LogP contribution >= 0.6 is 0 Å². The number of hydrogen-bond acceptors (Lipinski definition) is 3. The molecule has 0 atom stereocenters. The summed E-state index contributed by atoms with van der Waals surface area (Å²) in [6.45, 7) is 2.02. The van der Waals surface area contributed by atoms with Crippen molar-refractivity contribution in [3.8, 4) is 5.75 Å². The molecule has 0 fully saturated rings. The van der Waals surface area contributed by atoms with Gasteiger partial charge in [-0.2, -0.15) is 0 Å². The van der Waals surface area contributed by atoms with E-state index in [0.29, 0.717) is 23.6 Å². The lowest BCUT2D eigenvalue weighted by Gasteiger charge is -2.21. The number of rotatable bonds is 6. The zero-order valence-electron chi connectivity index (χ0n) is 12.2. The number of ether oxygens (including phenoxy) is 1. The van der Waals surface area contributed by atoms with Gasteiger partial charge in [0.1, 0.15) is 12.3 Å². The normalized spacial score (nSPS) is 10.0. The van der Waals surface area contributed by atoms with Gasteiger partial charge >= 0.3 is 5.97 Å². The summed E-state index contributed by atoms with van der Waals surface area (Å²) in [5.41, 5.74) is 0.956. The monoisotopic (exact) mass is 299 g/mol. The summed E-state index contributed by atoms with van der Waals surface area (Å²) in [5, 5.41) is 9.06. The molecular weight excluding hydrogens is 282 g/mol. The summed E-state index contributed by atoms with van der Waals surface area (Å²) in [4.78, 5) is 24.8. The summed E-state index contributed by atoms with van der Waals surface area (Å²) < 4.78 is 5.35. The van der Waals surface area contributed by atoms with Gasteiger partial charge in [-0.1, -0.05) is 18.2 Å². The molecule has 0 saturated heterocycles. The van der Waals surface area contributed by atoms with Crippen molar-refractivity contribution in [2.45, 2.75) is 6.92 Å². The SMILES string of the molecule is CCOc1ccc(N(CC(=O)O)C(=O)c2ccccc2)cc1. The number of hydrogen-bond donors (Lipinski definition) is 1. The molecule has 0 aromatic heterocycles. The van der Waals surface area contributed by atoms with Gasteiger partial charge in [-0.15, -0.1) is 0 Å². The minimum atomic E-state index is -1.07. The highest BCUT2D eigenvalue weighted by atomic mass is 16.5. The number of carbonyl (C=O) groups is 2. The molecule has 5 nitrogen and oxygen atoms in total. The standard InChI is InChI=1S/C17H17NO4/c1-2-22-15-10-8-14(9-11-15)18(12-16(19)20)17(21)13-6-4-3-5-7-13/h3-11H,2,12H2,1H3,(H,19,20). The van der Waals surface area contributed by atoms with Crippen molar-refractivity contribution in [2.75, 3.05) is 18.1 Å². The maximum atomic E-state index is 12.5. The van der Waals surface area contributed by atoms with Gasteiger partial charge in [-0.25, -0.2) is 0 Å². The lowest BCUT2D eigenvalue weighted by Crippen LogP contribution is -2.35. The van der Waals surface area contributed by atoms with E-state index in [9.17, 15) is 9.59 Å². The number of carboxylic acid groups (broad SMARTS) is 1. The van der Waals surface area contributed by atoms with E-state index < -0.39 is 12.5 Å². The third-order valence-corrected chi connectivity index (χ3v) is 3.02. The van der Waals surface area contributed by atoms with E-state index in [1.807, 2.05) is 6.92 Å². The Balaban J connectivity index is 2.29. The second-order valence-electron chi connectivity index (χ2n) is 4.58. The molecule has 2 aromatic rings. The first-order valence-corrected chi connectivity index (χ1v) is 6.93. The van der Waals surface area contributed by atoms with Crippen LogP contribution in [0, 0.1) is 0 Å². The maximum absolute atomic E-state index is 12.5. The van der Waals surface area contributed by atoms with Crippen LogP contribution in [0.4, 0.5) is 5.69 Å². The van der Waals surface area contributed by atoms with Crippen molar-refractivity contribution in [3.05, 3.63) is 60.2 Å². The van der Waals surface area contributed by atoms with E-state index in [-0.39, 0.29) is 5.91 Å². The van der Waals surface area contributed by atoms with Crippen molar-refractivity contribution in [1.29, 1.82) is 0 Å². The van der Waals surface area contributed by atoms with Crippen LogP contribution < -0.4 is 9.64 Å². The van der Waals surface area contributed by atoms with E-state index >= 15 is 0 Å². The fraction of sp³-hybridized carbons (Fsp3) is 0.176. The molecule has 0 heterocycles. The van der Waals surface area contributed by atoms with Crippen LogP contribution in [0.5, 0.6) is 5.75 Å². The Morgan fingerprint density at radius 2 is 1.68 bits per heavy atom. The first-order chi connectivity index (χ1) is 10.6. The van der Waals surface area contributed by atoms with E-state index in [1.165, 1.54) is 4.90 Å². The van der Waals surface area contributed by atoms with Crippen molar-refractivity contribution in [3.63, 3.8) is 0 Å². The Kier molecular flexibility index (Phi) is 5.14. The summed E-state index contributed by atoms with van der Waals surface area (Å²) in [6, 6.07) is 15.4. The molecular formula is C17H17NO4. The van der Waals surface area contributed by atoms with Crippen LogP contribution in [-0.2, 0) is 4.79 Å². The molecule has 1 N–H and O–H groups in total. The van der Waals surface area contributed by atoms with Crippen molar-refractivity contribution >= 4 is 17.6 Å². The third kappa shape index (κ3) is 3.85. The van der Waals surface area contributed by atoms with Crippen LogP contribution in [0.1, 0.15) is 17.3 Å². The molecule has 0 unspecified atom stereocenters. The fourth-order valence-corrected chi connectivity index (χ4v) is 2.04. The number of anilines is 1. The maximum Gasteiger partial charge on any atom is 0.323 e. The molecule has 1 amide bonds. The molecule has 0 aliphatic carbocycles. The summed E-state index contributed by atoms with van der Waals surface area (Å²) in [5.74, 6) is -0.751. The molecule has 2 rings (SSSR count). The smallest absolute Gasteiger partial charge is 0.323 e. The van der Waals surface area contributed by atoms with E-state index in [4.69, 9.17) is 9.84 Å². The third-order valence-electron chi connectivity index (χ3n) is 3.02. The van der Waals surface area contributed by atoms with E-state index in [1.54, 1.807) is 54.6 Å². The number of carbonyl (C=O) groups excluding carboxylic acids is 1. The topological polar surface area (TPSA) is 66.8 Å². The molecule has 5 heteroatoms. The molecule has 114 valence electrons. The second-order valence-corrected chi connectivity index (χ2v) is 4.58. The Hall–Kier alpha value is -2.82. The van der Waals surface area contributed by atoms with Gasteiger partial charge < -0.3 is 9.84 Å². The first kappa shape index (κ1) is 15.6. The molecule has 2 aromatic carbocycles. The van der Waals surface area contributed by atoms with Crippen LogP contribution in [0.3, 0.4) is 0 Å². The number of carboxylic acids is 1. The highest BCUT2D eigenvalue weighted by molar-refractivity contribution is 6.08. The lowest BCUT2D eigenvalue weighted by molar-refractivity contribution is -0.135. The predicted octanol–water partition coefficient (Wildman–Crippen LogP) is 2.82. The van der Waals surface area contributed by atoms with Gasteiger partial charge in [0.15, 0.2) is 0 Å². The Morgan fingerprint density at radius 3 is 2.23 bits per heavy atom. The zero-order valence-corrected chi connectivity index (χ0v) is 12.2. The first-order valence-electron chi connectivity index (χ1n) is 6.93. The second kappa shape index (κ2) is 7.26. The highest BCUT2D eigenvalue weighted by Gasteiger charge is 2.20. The molecule has 0 bridgehead atoms. The molecule has 0 aliphatic heterocycles. The van der Waals surface area contributed by atoms with Gasteiger partial charge in [0.05, 0.1) is 6.61 Å². The van der Waals surface area contributed by atoms with Crippen LogP contribution in [0.25, 0.3) is 0 Å². The largest absolute Gasteiger partial charge is 0.494 e. The quantitative estimate of drug-likeness (QED) is 0.890. The van der Waals surface area contributed by atoms with E-state index in [2.05, 4.69) is 0 Å². The molecule has 0 spiro atoms. The zero-order chi connectivity index (χ0) is 15.9. The number of nitrogens with zero attached hydrogens (tertiary/aromatic N) is 1. The number of aliphatic carboxylic acids is 1. The van der Waals surface area contributed by atoms with E-state index in [0.717, 1.165) is 0 Å². The van der Waals surface area contributed by atoms with Crippen LogP contribution in [-0.4, -0.2) is 30.1 Å². The highest BCUT2D eigenvalue weighted by Crippen LogP contribution is 2.21. The summed E-state index contributed by atoms with van der Waals surface area (Å²) in [6.07, 6.45) is 0. The van der Waals surface area contributed by atoms with Gasteiger partial charge in [-0.05, 0) is 43.3 Å². The molecule has 0 radical (unpaired) electrons. The van der Waals surface area contributed by atoms with Crippen molar-refractivity contribution in [2.24, 2.45) is 0 Å². The Labute approximate surface area is 128 Å². The average Bonchev–Trinajstić information content (AvgIpc) is 2.54. The fourth-order valence-electron chi connectivity index (χ4n) is 2.04. The lowest BCUT2D eigenvalue weighted by atomic mass is 10.1. The minimum Gasteiger partial charge on any atom is -0.494 e. The van der Waals surface area contributed by atoms with Crippen molar-refractivity contribution < 1.29 is 19.4 Å². The van der Waals surface area contributed by atoms with Crippen molar-refractivity contribution in [1.82, 2.24) is 0 Å². The molecule has 22 heavy (non-hydrogen) atoms. The average molecular weight is 299 g/mol. The van der Waals surface area contributed by atoms with Gasteiger partial charge in [0.25, 0.3) is 5.91 Å². The molecule has 0 saturated carbocycles. The minimum absolute atomic E-state index is 0.354. The molecule has 0 aliphatic rings. The number of benzene rings is 2. The predicted molar refractivity (Wildman–Crippen MR) is 83.4 cm³/mol. The summed E-state index contributed by atoms with van der Waals surface area (Å²) in [7, 11) is 0. The van der Waals surface area contributed by atoms with Crippen LogP contribution in [0.2, 0.25) is 0 Å². The Bertz CT molecular complexity index is 637. The number of amides is 1. The summed E-state index contributed by atoms with van der Waals surface area (Å²) >= 11 is 0. The van der Waals surface area contributed by atoms with Gasteiger partial charge in [0.2, 0.25) is 0 Å². The van der Waals surface area contributed by atoms with Gasteiger partial charge in [0, 0.05) is 11.3 Å². The van der Waals surface area contributed by atoms with Crippen LogP contribution in [0.15, 0.2) is 54.6 Å².